The van der Waals surface area contributed by atoms with Crippen LogP contribution >= 0.6 is 11.6 Å². The Morgan fingerprint density at radius 3 is 2.00 bits per heavy atom. The first-order valence-corrected chi connectivity index (χ1v) is 8.11. The van der Waals surface area contributed by atoms with Gasteiger partial charge in [0.05, 0.1) is 24.2 Å². The smallest absolute Gasteiger partial charge is 0.331 e. The van der Waals surface area contributed by atoms with Crippen LogP contribution < -0.4 is 15.0 Å². The third-order valence-corrected chi connectivity index (χ3v) is 3.87. The van der Waals surface area contributed by atoms with Gasteiger partial charge in [-0.1, -0.05) is 48.0 Å². The molecule has 3 aromatic carbocycles. The number of nitrogens with zero attached hydrogens (tertiary/aromatic N) is 1. The molecule has 5 heteroatoms. The average molecular weight is 353 g/mol. The molecule has 0 radical (unpaired) electrons. The molecule has 3 rings (SSSR count). The Morgan fingerprint density at radius 2 is 1.48 bits per heavy atom. The van der Waals surface area contributed by atoms with Crippen molar-refractivity contribution in [3.05, 3.63) is 83.9 Å². The molecule has 2 amide bonds. The van der Waals surface area contributed by atoms with E-state index in [0.29, 0.717) is 16.5 Å². The molecule has 0 spiro atoms. The Hall–Kier alpha value is -2.98. The quantitative estimate of drug-likeness (QED) is 0.652. The molecule has 1 N–H and O–H groups in total. The molecule has 0 unspecified atom stereocenters. The summed E-state index contributed by atoms with van der Waals surface area (Å²) in [5.41, 5.74) is 2.02. The third-order valence-electron chi connectivity index (χ3n) is 3.64. The van der Waals surface area contributed by atoms with Crippen molar-refractivity contribution in [1.29, 1.82) is 0 Å². The third kappa shape index (κ3) is 3.92. The summed E-state index contributed by atoms with van der Waals surface area (Å²) in [7, 11) is 1.55. The summed E-state index contributed by atoms with van der Waals surface area (Å²) in [6.07, 6.45) is 0. The highest BCUT2D eigenvalue weighted by atomic mass is 35.5. The topological polar surface area (TPSA) is 41.6 Å². The Bertz CT molecular complexity index is 815. The summed E-state index contributed by atoms with van der Waals surface area (Å²) in [5, 5.41) is 3.39. The lowest BCUT2D eigenvalue weighted by atomic mass is 10.2. The van der Waals surface area contributed by atoms with E-state index < -0.39 is 0 Å². The molecular formula is C20H17ClN2O2. The summed E-state index contributed by atoms with van der Waals surface area (Å²) in [5.74, 6) is 0.541. The van der Waals surface area contributed by atoms with Gasteiger partial charge in [0.1, 0.15) is 5.75 Å². The standard InChI is InChI=1S/C20H17ClN2O2/c1-25-19-13-12-15(21)14-18(19)22-20(24)23(16-8-4-2-5-9-16)17-10-6-3-7-11-17/h2-14H,1H3,(H,22,24). The lowest BCUT2D eigenvalue weighted by Gasteiger charge is -2.24. The zero-order valence-electron chi connectivity index (χ0n) is 13.6. The van der Waals surface area contributed by atoms with Crippen LogP contribution in [0.15, 0.2) is 78.9 Å². The van der Waals surface area contributed by atoms with Crippen LogP contribution in [-0.2, 0) is 0 Å². The number of amides is 2. The number of methoxy groups -OCH3 is 1. The van der Waals surface area contributed by atoms with E-state index in [9.17, 15) is 4.79 Å². The molecule has 0 fully saturated rings. The van der Waals surface area contributed by atoms with E-state index in [2.05, 4.69) is 5.32 Å². The number of ether oxygens (including phenoxy) is 1. The minimum Gasteiger partial charge on any atom is -0.495 e. The van der Waals surface area contributed by atoms with Crippen LogP contribution in [0.3, 0.4) is 0 Å². The average Bonchev–Trinajstić information content (AvgIpc) is 2.64. The van der Waals surface area contributed by atoms with Gasteiger partial charge in [0, 0.05) is 5.02 Å². The van der Waals surface area contributed by atoms with E-state index in [1.807, 2.05) is 60.7 Å². The maximum absolute atomic E-state index is 13.0. The number of halogens is 1. The van der Waals surface area contributed by atoms with Crippen molar-refractivity contribution in [2.45, 2.75) is 0 Å². The lowest BCUT2D eigenvalue weighted by molar-refractivity contribution is 0.259. The first-order valence-electron chi connectivity index (χ1n) is 7.74. The highest BCUT2D eigenvalue weighted by Crippen LogP contribution is 2.30. The Morgan fingerprint density at radius 1 is 0.920 bits per heavy atom. The highest BCUT2D eigenvalue weighted by molar-refractivity contribution is 6.31. The molecule has 0 aliphatic rings. The van der Waals surface area contributed by atoms with Gasteiger partial charge in [0.25, 0.3) is 0 Å². The van der Waals surface area contributed by atoms with Crippen molar-refractivity contribution in [3.63, 3.8) is 0 Å². The number of carbonyl (C=O) groups excluding carboxylic acids is 1. The van der Waals surface area contributed by atoms with Gasteiger partial charge in [0.15, 0.2) is 0 Å². The van der Waals surface area contributed by atoms with Crippen LogP contribution in [0.2, 0.25) is 5.02 Å². The summed E-state index contributed by atoms with van der Waals surface area (Å²) < 4.78 is 5.30. The van der Waals surface area contributed by atoms with Crippen molar-refractivity contribution in [3.8, 4) is 5.75 Å². The Labute approximate surface area is 151 Å². The molecule has 0 heterocycles. The fourth-order valence-electron chi connectivity index (χ4n) is 2.49. The van der Waals surface area contributed by atoms with Gasteiger partial charge in [-0.3, -0.25) is 4.90 Å². The molecule has 4 nitrogen and oxygen atoms in total. The van der Waals surface area contributed by atoms with E-state index in [0.717, 1.165) is 11.4 Å². The van der Waals surface area contributed by atoms with Gasteiger partial charge in [-0.2, -0.15) is 0 Å². The fourth-order valence-corrected chi connectivity index (χ4v) is 2.66. The second-order valence-corrected chi connectivity index (χ2v) is 5.72. The molecule has 3 aromatic rings. The van der Waals surface area contributed by atoms with Crippen LogP contribution in [0, 0.1) is 0 Å². The van der Waals surface area contributed by atoms with Crippen LogP contribution in [0.1, 0.15) is 0 Å². The monoisotopic (exact) mass is 352 g/mol. The zero-order chi connectivity index (χ0) is 17.6. The molecule has 0 aromatic heterocycles. The minimum atomic E-state index is -0.307. The normalized spacial score (nSPS) is 10.2. The van der Waals surface area contributed by atoms with Crippen molar-refractivity contribution in [2.24, 2.45) is 0 Å². The van der Waals surface area contributed by atoms with Crippen molar-refractivity contribution >= 4 is 34.7 Å². The minimum absolute atomic E-state index is 0.307. The molecule has 25 heavy (non-hydrogen) atoms. The zero-order valence-corrected chi connectivity index (χ0v) is 14.4. The van der Waals surface area contributed by atoms with Gasteiger partial charge in [-0.25, -0.2) is 4.79 Å². The molecule has 0 bridgehead atoms. The number of hydrogen-bond donors (Lipinski definition) is 1. The number of nitrogens with one attached hydrogen (secondary N) is 1. The van der Waals surface area contributed by atoms with Crippen molar-refractivity contribution in [2.75, 3.05) is 17.3 Å². The Balaban J connectivity index is 1.97. The van der Waals surface area contributed by atoms with Crippen molar-refractivity contribution in [1.82, 2.24) is 0 Å². The predicted octanol–water partition coefficient (Wildman–Crippen LogP) is 5.72. The predicted molar refractivity (Wildman–Crippen MR) is 102 cm³/mol. The van der Waals surface area contributed by atoms with Crippen molar-refractivity contribution < 1.29 is 9.53 Å². The summed E-state index contributed by atoms with van der Waals surface area (Å²) in [6, 6.07) is 23.6. The van der Waals surface area contributed by atoms with E-state index in [-0.39, 0.29) is 6.03 Å². The Kier molecular flexibility index (Phi) is 5.21. The molecule has 0 aliphatic heterocycles. The van der Waals surface area contributed by atoms with E-state index in [1.165, 1.54) is 0 Å². The summed E-state index contributed by atoms with van der Waals surface area (Å²) in [4.78, 5) is 14.6. The molecule has 0 atom stereocenters. The van der Waals surface area contributed by atoms with Crippen LogP contribution in [0.5, 0.6) is 5.75 Å². The van der Waals surface area contributed by atoms with Gasteiger partial charge < -0.3 is 10.1 Å². The molecule has 0 aliphatic carbocycles. The first-order chi connectivity index (χ1) is 12.2. The summed E-state index contributed by atoms with van der Waals surface area (Å²) in [6.45, 7) is 0. The second-order valence-electron chi connectivity index (χ2n) is 5.28. The number of carbonyl (C=O) groups is 1. The largest absolute Gasteiger partial charge is 0.495 e. The fraction of sp³-hybridized carbons (Fsp3) is 0.0500. The number of anilines is 3. The molecule has 0 saturated heterocycles. The molecular weight excluding hydrogens is 336 g/mol. The van der Waals surface area contributed by atoms with Crippen LogP contribution in [0.25, 0.3) is 0 Å². The SMILES string of the molecule is COc1ccc(Cl)cc1NC(=O)N(c1ccccc1)c1ccccc1. The number of urea groups is 1. The van der Waals surface area contributed by atoms with Gasteiger partial charge in [0.2, 0.25) is 0 Å². The van der Waals surface area contributed by atoms with Crippen LogP contribution in [-0.4, -0.2) is 13.1 Å². The molecule has 126 valence electrons. The van der Waals surface area contributed by atoms with E-state index >= 15 is 0 Å². The number of benzene rings is 3. The second kappa shape index (κ2) is 7.73. The maximum atomic E-state index is 13.0. The number of rotatable bonds is 4. The highest BCUT2D eigenvalue weighted by Gasteiger charge is 2.19. The number of para-hydroxylation sites is 2. The maximum Gasteiger partial charge on any atom is 0.331 e. The number of hydrogen-bond acceptors (Lipinski definition) is 2. The molecule has 0 saturated carbocycles. The van der Waals surface area contributed by atoms with Gasteiger partial charge in [-0.05, 0) is 42.5 Å². The summed E-state index contributed by atoms with van der Waals surface area (Å²) >= 11 is 6.05. The van der Waals surface area contributed by atoms with Gasteiger partial charge >= 0.3 is 6.03 Å². The van der Waals surface area contributed by atoms with E-state index in [1.54, 1.807) is 30.2 Å². The van der Waals surface area contributed by atoms with Crippen LogP contribution in [0.4, 0.5) is 21.9 Å². The van der Waals surface area contributed by atoms with Gasteiger partial charge in [-0.15, -0.1) is 0 Å². The first kappa shape index (κ1) is 16.9. The van der Waals surface area contributed by atoms with E-state index in [4.69, 9.17) is 16.3 Å². The lowest BCUT2D eigenvalue weighted by Crippen LogP contribution is -2.30.